The molecule has 7 heteroatoms. The number of aromatic nitrogens is 2. The van der Waals surface area contributed by atoms with E-state index in [9.17, 15) is 9.59 Å². The van der Waals surface area contributed by atoms with Crippen LogP contribution in [0.3, 0.4) is 0 Å². The average molecular weight is 354 g/mol. The minimum Gasteiger partial charge on any atom is -0.277 e. The lowest BCUT2D eigenvalue weighted by atomic mass is 10.1. The monoisotopic (exact) mass is 354 g/mol. The van der Waals surface area contributed by atoms with Crippen LogP contribution in [0.25, 0.3) is 10.9 Å². The van der Waals surface area contributed by atoms with Gasteiger partial charge in [-0.2, -0.15) is 5.10 Å². The number of rotatable bonds is 2. The third kappa shape index (κ3) is 3.15. The Morgan fingerprint density at radius 1 is 1.08 bits per heavy atom. The second-order valence-electron chi connectivity index (χ2n) is 6.17. The molecule has 2 heterocycles. The molecule has 0 aliphatic heterocycles. The minimum atomic E-state index is -0.374. The Hall–Kier alpha value is -2.67. The summed E-state index contributed by atoms with van der Waals surface area (Å²) in [4.78, 5) is 26.7. The first-order chi connectivity index (χ1) is 12.2. The number of amides is 2. The number of aryl methyl sites for hydroxylation is 2. The molecule has 0 radical (unpaired) electrons. The molecular weight excluding hydrogens is 336 g/mol. The molecule has 6 nitrogen and oxygen atoms in total. The van der Waals surface area contributed by atoms with Crippen LogP contribution >= 0.6 is 11.3 Å². The molecule has 2 amide bonds. The smallest absolute Gasteiger partial charge is 0.277 e. The van der Waals surface area contributed by atoms with Crippen LogP contribution in [0.4, 0.5) is 0 Å². The number of H-pyrrole nitrogens is 1. The number of carbonyl (C=O) groups is 2. The van der Waals surface area contributed by atoms with E-state index in [2.05, 4.69) is 21.0 Å². The average Bonchev–Trinajstić information content (AvgIpc) is 3.21. The standard InChI is InChI=1S/C18H18N4O2S/c23-17(13-7-4-6-12-10-19-20-16(12)13)21-22-18(24)15-9-11-5-2-1-3-8-14(11)25-15/h4,6-7,9-10H,1-3,5,8H2,(H,19,20)(H,21,23)(H,22,24). The summed E-state index contributed by atoms with van der Waals surface area (Å²) in [6.07, 6.45) is 7.34. The maximum Gasteiger partial charge on any atom is 0.279 e. The van der Waals surface area contributed by atoms with Gasteiger partial charge in [-0.25, -0.2) is 0 Å². The van der Waals surface area contributed by atoms with E-state index in [1.54, 1.807) is 18.3 Å². The summed E-state index contributed by atoms with van der Waals surface area (Å²) in [5.41, 5.74) is 7.38. The highest BCUT2D eigenvalue weighted by Crippen LogP contribution is 2.28. The van der Waals surface area contributed by atoms with Crippen LogP contribution in [-0.2, 0) is 12.8 Å². The number of hydrogen-bond acceptors (Lipinski definition) is 4. The van der Waals surface area contributed by atoms with Crippen molar-refractivity contribution in [1.82, 2.24) is 21.0 Å². The predicted octanol–water partition coefficient (Wildman–Crippen LogP) is 2.97. The third-order valence-corrected chi connectivity index (χ3v) is 5.72. The highest BCUT2D eigenvalue weighted by molar-refractivity contribution is 7.14. The van der Waals surface area contributed by atoms with Crippen molar-refractivity contribution in [3.05, 3.63) is 51.3 Å². The van der Waals surface area contributed by atoms with Crippen molar-refractivity contribution < 1.29 is 9.59 Å². The quantitative estimate of drug-likeness (QED) is 0.488. The fraction of sp³-hybridized carbons (Fsp3) is 0.278. The fourth-order valence-corrected chi connectivity index (χ4v) is 4.33. The minimum absolute atomic E-state index is 0.275. The van der Waals surface area contributed by atoms with Crippen LogP contribution in [-0.4, -0.2) is 22.0 Å². The fourth-order valence-electron chi connectivity index (χ4n) is 3.18. The molecule has 1 aliphatic rings. The van der Waals surface area contributed by atoms with Gasteiger partial charge in [0.1, 0.15) is 0 Å². The normalized spacial score (nSPS) is 13.9. The zero-order valence-corrected chi connectivity index (χ0v) is 14.4. The molecule has 0 atom stereocenters. The van der Waals surface area contributed by atoms with Gasteiger partial charge in [-0.3, -0.25) is 25.5 Å². The summed E-state index contributed by atoms with van der Waals surface area (Å²) in [5, 5.41) is 7.60. The topological polar surface area (TPSA) is 86.9 Å². The van der Waals surface area contributed by atoms with Crippen LogP contribution in [0.2, 0.25) is 0 Å². The molecule has 3 N–H and O–H groups in total. The summed E-state index contributed by atoms with van der Waals surface area (Å²) in [7, 11) is 0. The molecule has 4 rings (SSSR count). The first kappa shape index (κ1) is 15.8. The Labute approximate surface area is 148 Å². The Kier molecular flexibility index (Phi) is 4.23. The van der Waals surface area contributed by atoms with E-state index in [1.807, 2.05) is 12.1 Å². The summed E-state index contributed by atoms with van der Waals surface area (Å²) in [6, 6.07) is 7.30. The van der Waals surface area contributed by atoms with Crippen molar-refractivity contribution in [3.8, 4) is 0 Å². The Bertz CT molecular complexity index is 920. The van der Waals surface area contributed by atoms with Crippen molar-refractivity contribution in [2.75, 3.05) is 0 Å². The maximum atomic E-state index is 12.4. The van der Waals surface area contributed by atoms with Gasteiger partial charge in [0.05, 0.1) is 22.2 Å². The van der Waals surface area contributed by atoms with E-state index >= 15 is 0 Å². The van der Waals surface area contributed by atoms with Crippen molar-refractivity contribution in [1.29, 1.82) is 0 Å². The SMILES string of the molecule is O=C(NNC(=O)c1cccc2cn[nH]c12)c1cc2c(s1)CCCCC2. The second-order valence-corrected chi connectivity index (χ2v) is 7.30. The van der Waals surface area contributed by atoms with Crippen molar-refractivity contribution in [3.63, 3.8) is 0 Å². The number of aromatic amines is 1. The molecule has 0 spiro atoms. The molecule has 2 aromatic heterocycles. The van der Waals surface area contributed by atoms with E-state index in [1.165, 1.54) is 41.0 Å². The molecule has 0 fully saturated rings. The van der Waals surface area contributed by atoms with Crippen LogP contribution < -0.4 is 10.9 Å². The van der Waals surface area contributed by atoms with E-state index in [4.69, 9.17) is 0 Å². The van der Waals surface area contributed by atoms with Gasteiger partial charge in [0, 0.05) is 10.3 Å². The number of nitrogens with zero attached hydrogens (tertiary/aromatic N) is 1. The van der Waals surface area contributed by atoms with Gasteiger partial charge in [-0.1, -0.05) is 18.6 Å². The van der Waals surface area contributed by atoms with E-state index < -0.39 is 0 Å². The number of thiophene rings is 1. The Morgan fingerprint density at radius 3 is 2.84 bits per heavy atom. The van der Waals surface area contributed by atoms with E-state index in [0.29, 0.717) is 16.0 Å². The lowest BCUT2D eigenvalue weighted by molar-refractivity contribution is 0.0849. The molecule has 25 heavy (non-hydrogen) atoms. The zero-order valence-electron chi connectivity index (χ0n) is 13.6. The molecule has 1 aliphatic carbocycles. The molecule has 128 valence electrons. The van der Waals surface area contributed by atoms with Crippen molar-refractivity contribution >= 4 is 34.1 Å². The summed E-state index contributed by atoms with van der Waals surface area (Å²) < 4.78 is 0. The summed E-state index contributed by atoms with van der Waals surface area (Å²) >= 11 is 1.53. The number of hydrogen-bond donors (Lipinski definition) is 3. The van der Waals surface area contributed by atoms with Gasteiger partial charge in [-0.15, -0.1) is 11.3 Å². The van der Waals surface area contributed by atoms with Gasteiger partial charge in [-0.05, 0) is 43.4 Å². The maximum absolute atomic E-state index is 12.4. The number of nitrogens with one attached hydrogen (secondary N) is 3. The summed E-state index contributed by atoms with van der Waals surface area (Å²) in [5.74, 6) is -0.649. The third-order valence-electron chi connectivity index (χ3n) is 4.48. The second kappa shape index (κ2) is 6.68. The van der Waals surface area contributed by atoms with E-state index in [-0.39, 0.29) is 11.8 Å². The van der Waals surface area contributed by atoms with Gasteiger partial charge in [0.2, 0.25) is 0 Å². The van der Waals surface area contributed by atoms with Gasteiger partial charge in [0.15, 0.2) is 0 Å². The van der Waals surface area contributed by atoms with Gasteiger partial charge < -0.3 is 0 Å². The van der Waals surface area contributed by atoms with Crippen LogP contribution in [0, 0.1) is 0 Å². The van der Waals surface area contributed by atoms with E-state index in [0.717, 1.165) is 18.2 Å². The lowest BCUT2D eigenvalue weighted by Crippen LogP contribution is -2.41. The molecule has 0 unspecified atom stereocenters. The number of hydrazine groups is 1. The van der Waals surface area contributed by atoms with Gasteiger partial charge >= 0.3 is 0 Å². The number of fused-ring (bicyclic) bond motifs is 2. The Morgan fingerprint density at radius 2 is 1.92 bits per heavy atom. The molecule has 0 saturated heterocycles. The van der Waals surface area contributed by atoms with Crippen LogP contribution in [0.1, 0.15) is 49.7 Å². The molecule has 0 saturated carbocycles. The summed E-state index contributed by atoms with van der Waals surface area (Å²) in [6.45, 7) is 0. The van der Waals surface area contributed by atoms with Gasteiger partial charge in [0.25, 0.3) is 11.8 Å². The molecule has 3 aromatic rings. The molecular formula is C18H18N4O2S. The van der Waals surface area contributed by atoms with Crippen LogP contribution in [0.5, 0.6) is 0 Å². The first-order valence-electron chi connectivity index (χ1n) is 8.37. The first-order valence-corrected chi connectivity index (χ1v) is 9.18. The predicted molar refractivity (Wildman–Crippen MR) is 96.6 cm³/mol. The number of para-hydroxylation sites is 1. The largest absolute Gasteiger partial charge is 0.279 e. The lowest BCUT2D eigenvalue weighted by Gasteiger charge is -2.07. The number of carbonyl (C=O) groups excluding carboxylic acids is 2. The molecule has 1 aromatic carbocycles. The van der Waals surface area contributed by atoms with Crippen molar-refractivity contribution in [2.24, 2.45) is 0 Å². The highest BCUT2D eigenvalue weighted by atomic mass is 32.1. The zero-order chi connectivity index (χ0) is 17.2. The van der Waals surface area contributed by atoms with Crippen LogP contribution in [0.15, 0.2) is 30.5 Å². The number of benzene rings is 1. The van der Waals surface area contributed by atoms with Crippen molar-refractivity contribution in [2.45, 2.75) is 32.1 Å². The molecule has 0 bridgehead atoms. The Balaban J connectivity index is 1.45. The highest BCUT2D eigenvalue weighted by Gasteiger charge is 2.17.